The van der Waals surface area contributed by atoms with Crippen molar-refractivity contribution in [3.05, 3.63) is 22.2 Å². The number of piperazine rings is 1. The molecular formula is C14H19BrN2O2. The van der Waals surface area contributed by atoms with E-state index in [1.807, 2.05) is 0 Å². The molecule has 0 radical (unpaired) electrons. The largest absolute Gasteiger partial charge is 0.454 e. The van der Waals surface area contributed by atoms with Crippen LogP contribution in [-0.4, -0.2) is 36.9 Å². The van der Waals surface area contributed by atoms with Gasteiger partial charge >= 0.3 is 0 Å². The molecule has 4 nitrogen and oxygen atoms in total. The van der Waals surface area contributed by atoms with Crippen LogP contribution in [0.25, 0.3) is 0 Å². The summed E-state index contributed by atoms with van der Waals surface area (Å²) < 4.78 is 11.9. The molecule has 0 saturated carbocycles. The van der Waals surface area contributed by atoms with Crippen LogP contribution in [0.2, 0.25) is 0 Å². The zero-order chi connectivity index (χ0) is 13.4. The summed E-state index contributed by atoms with van der Waals surface area (Å²) in [5.74, 6) is 1.67. The Morgan fingerprint density at radius 2 is 2.21 bits per heavy atom. The molecule has 0 aromatic heterocycles. The molecule has 2 aliphatic heterocycles. The smallest absolute Gasteiger partial charge is 0.231 e. The summed E-state index contributed by atoms with van der Waals surface area (Å²) in [6.07, 6.45) is 0. The van der Waals surface area contributed by atoms with Crippen LogP contribution in [0.5, 0.6) is 11.5 Å². The molecule has 1 saturated heterocycles. The highest BCUT2D eigenvalue weighted by atomic mass is 79.9. The average molecular weight is 327 g/mol. The summed E-state index contributed by atoms with van der Waals surface area (Å²) >= 11 is 3.55. The normalized spacial score (nSPS) is 26.7. The van der Waals surface area contributed by atoms with Crippen molar-refractivity contribution in [2.45, 2.75) is 32.5 Å². The maximum Gasteiger partial charge on any atom is 0.231 e. The highest BCUT2D eigenvalue weighted by molar-refractivity contribution is 9.10. The van der Waals surface area contributed by atoms with Gasteiger partial charge in [0.25, 0.3) is 0 Å². The molecule has 1 N–H and O–H groups in total. The van der Waals surface area contributed by atoms with E-state index in [2.05, 4.69) is 52.1 Å². The first kappa shape index (κ1) is 13.2. The Hall–Kier alpha value is -0.780. The lowest BCUT2D eigenvalue weighted by molar-refractivity contribution is 0.138. The lowest BCUT2D eigenvalue weighted by Crippen LogP contribution is -2.53. The number of hydrogen-bond donors (Lipinski definition) is 1. The van der Waals surface area contributed by atoms with Crippen LogP contribution >= 0.6 is 15.9 Å². The van der Waals surface area contributed by atoms with Crippen molar-refractivity contribution in [1.82, 2.24) is 10.2 Å². The van der Waals surface area contributed by atoms with E-state index >= 15 is 0 Å². The lowest BCUT2D eigenvalue weighted by Gasteiger charge is -2.37. The van der Waals surface area contributed by atoms with E-state index in [0.717, 1.165) is 35.6 Å². The maximum absolute atomic E-state index is 5.47. The molecule has 2 atom stereocenters. The van der Waals surface area contributed by atoms with Crippen LogP contribution in [0.3, 0.4) is 0 Å². The fourth-order valence-corrected chi connectivity index (χ4v) is 3.27. The number of fused-ring (bicyclic) bond motifs is 1. The van der Waals surface area contributed by atoms with Crippen molar-refractivity contribution in [2.75, 3.05) is 19.9 Å². The second-order valence-electron chi connectivity index (χ2n) is 5.40. The average Bonchev–Trinajstić information content (AvgIpc) is 2.82. The van der Waals surface area contributed by atoms with E-state index in [1.54, 1.807) is 0 Å². The molecule has 2 unspecified atom stereocenters. The Morgan fingerprint density at radius 3 is 3.05 bits per heavy atom. The van der Waals surface area contributed by atoms with Crippen molar-refractivity contribution in [1.29, 1.82) is 0 Å². The van der Waals surface area contributed by atoms with Gasteiger partial charge in [0.1, 0.15) is 0 Å². The van der Waals surface area contributed by atoms with Crippen molar-refractivity contribution in [2.24, 2.45) is 0 Å². The van der Waals surface area contributed by atoms with Crippen LogP contribution < -0.4 is 14.8 Å². The zero-order valence-corrected chi connectivity index (χ0v) is 12.9. The summed E-state index contributed by atoms with van der Waals surface area (Å²) in [7, 11) is 0. The number of hydrogen-bond acceptors (Lipinski definition) is 4. The van der Waals surface area contributed by atoms with Gasteiger partial charge in [0, 0.05) is 31.7 Å². The molecule has 0 aliphatic carbocycles. The van der Waals surface area contributed by atoms with E-state index in [-0.39, 0.29) is 0 Å². The van der Waals surface area contributed by atoms with Gasteiger partial charge in [-0.2, -0.15) is 0 Å². The van der Waals surface area contributed by atoms with Crippen molar-refractivity contribution < 1.29 is 9.47 Å². The standard InChI is InChI=1S/C14H19BrN2O2/c1-9-6-17(10(2)5-16-9)7-11-3-12(15)14-13(4-11)18-8-19-14/h3-4,9-10,16H,5-8H2,1-2H3. The van der Waals surface area contributed by atoms with Gasteiger partial charge in [-0.05, 0) is 47.5 Å². The lowest BCUT2D eigenvalue weighted by atomic mass is 10.1. The zero-order valence-electron chi connectivity index (χ0n) is 11.3. The number of rotatable bonds is 2. The minimum absolute atomic E-state index is 0.318. The molecule has 0 spiro atoms. The third-order valence-corrected chi connectivity index (χ3v) is 4.36. The first-order valence-corrected chi connectivity index (χ1v) is 7.48. The Bertz CT molecular complexity index is 481. The molecule has 5 heteroatoms. The summed E-state index contributed by atoms with van der Waals surface area (Å²) in [4.78, 5) is 2.51. The van der Waals surface area contributed by atoms with Crippen LogP contribution in [0.4, 0.5) is 0 Å². The van der Waals surface area contributed by atoms with Gasteiger partial charge in [-0.15, -0.1) is 0 Å². The van der Waals surface area contributed by atoms with E-state index in [9.17, 15) is 0 Å². The highest BCUT2D eigenvalue weighted by Crippen LogP contribution is 2.40. The number of nitrogens with one attached hydrogen (secondary N) is 1. The molecular weight excluding hydrogens is 308 g/mol. The van der Waals surface area contributed by atoms with Gasteiger partial charge in [0.05, 0.1) is 4.47 Å². The second-order valence-corrected chi connectivity index (χ2v) is 6.25. The fourth-order valence-electron chi connectivity index (χ4n) is 2.66. The van der Waals surface area contributed by atoms with Gasteiger partial charge in [0.2, 0.25) is 6.79 Å². The molecule has 104 valence electrons. The van der Waals surface area contributed by atoms with Crippen molar-refractivity contribution in [3.63, 3.8) is 0 Å². The Morgan fingerprint density at radius 1 is 1.37 bits per heavy atom. The number of halogens is 1. The van der Waals surface area contributed by atoms with Crippen LogP contribution in [0.1, 0.15) is 19.4 Å². The van der Waals surface area contributed by atoms with E-state index in [0.29, 0.717) is 18.9 Å². The molecule has 1 aromatic rings. The van der Waals surface area contributed by atoms with Gasteiger partial charge in [-0.3, -0.25) is 4.90 Å². The SMILES string of the molecule is CC1CN(Cc2cc(Br)c3c(c2)OCO3)C(C)CN1. The van der Waals surface area contributed by atoms with Crippen molar-refractivity contribution in [3.8, 4) is 11.5 Å². The minimum Gasteiger partial charge on any atom is -0.454 e. The minimum atomic E-state index is 0.318. The molecule has 1 fully saturated rings. The third-order valence-electron chi connectivity index (χ3n) is 3.77. The number of nitrogens with zero attached hydrogens (tertiary/aromatic N) is 1. The maximum atomic E-state index is 5.47. The van der Waals surface area contributed by atoms with E-state index < -0.39 is 0 Å². The quantitative estimate of drug-likeness (QED) is 0.904. The molecule has 2 aliphatic rings. The van der Waals surface area contributed by atoms with E-state index in [1.165, 1.54) is 5.56 Å². The molecule has 1 aromatic carbocycles. The summed E-state index contributed by atoms with van der Waals surface area (Å²) in [5.41, 5.74) is 1.26. The summed E-state index contributed by atoms with van der Waals surface area (Å²) in [6, 6.07) is 5.33. The number of ether oxygens (including phenoxy) is 2. The van der Waals surface area contributed by atoms with Gasteiger partial charge in [0.15, 0.2) is 11.5 Å². The first-order valence-electron chi connectivity index (χ1n) is 6.69. The van der Waals surface area contributed by atoms with Crippen LogP contribution in [0, 0.1) is 0 Å². The summed E-state index contributed by atoms with van der Waals surface area (Å²) in [6.45, 7) is 7.89. The molecule has 0 amide bonds. The Kier molecular flexibility index (Phi) is 3.69. The topological polar surface area (TPSA) is 33.7 Å². The molecule has 19 heavy (non-hydrogen) atoms. The molecule has 3 rings (SSSR count). The monoisotopic (exact) mass is 326 g/mol. The Labute approximate surface area is 122 Å². The number of benzene rings is 1. The predicted molar refractivity (Wildman–Crippen MR) is 77.6 cm³/mol. The fraction of sp³-hybridized carbons (Fsp3) is 0.571. The van der Waals surface area contributed by atoms with Gasteiger partial charge < -0.3 is 14.8 Å². The first-order chi connectivity index (χ1) is 9.13. The molecule has 0 bridgehead atoms. The van der Waals surface area contributed by atoms with Crippen LogP contribution in [0.15, 0.2) is 16.6 Å². The Balaban J connectivity index is 1.78. The second kappa shape index (κ2) is 5.31. The van der Waals surface area contributed by atoms with Gasteiger partial charge in [-0.1, -0.05) is 0 Å². The van der Waals surface area contributed by atoms with Crippen molar-refractivity contribution >= 4 is 15.9 Å². The van der Waals surface area contributed by atoms with Crippen LogP contribution in [-0.2, 0) is 6.54 Å². The predicted octanol–water partition coefficient (Wildman–Crippen LogP) is 2.36. The van der Waals surface area contributed by atoms with E-state index in [4.69, 9.17) is 9.47 Å². The molecule has 2 heterocycles. The highest BCUT2D eigenvalue weighted by Gasteiger charge is 2.24. The van der Waals surface area contributed by atoms with Gasteiger partial charge in [-0.25, -0.2) is 0 Å². The third kappa shape index (κ3) is 2.73. The summed E-state index contributed by atoms with van der Waals surface area (Å²) in [5, 5.41) is 3.50.